The number of carbonyl (C=O) groups excluding carboxylic acids is 3. The molecule has 0 amide bonds. The number of halogens is 2. The lowest BCUT2D eigenvalue weighted by molar-refractivity contribution is -0.187. The highest BCUT2D eigenvalue weighted by atomic mass is 35.5. The predicted molar refractivity (Wildman–Crippen MR) is 114 cm³/mol. The van der Waals surface area contributed by atoms with Gasteiger partial charge in [0.15, 0.2) is 17.2 Å². The minimum absolute atomic E-state index is 0.0581. The number of alkyl halides is 2. The second-order valence-corrected chi connectivity index (χ2v) is 12.4. The van der Waals surface area contributed by atoms with Crippen molar-refractivity contribution in [2.45, 2.75) is 76.2 Å². The zero-order chi connectivity index (χ0) is 21.9. The molecule has 4 saturated carbocycles. The summed E-state index contributed by atoms with van der Waals surface area (Å²) in [5.74, 6) is 1.02. The van der Waals surface area contributed by atoms with Crippen LogP contribution in [0, 0.1) is 40.4 Å². The Kier molecular flexibility index (Phi) is 4.29. The first kappa shape index (κ1) is 21.0. The van der Waals surface area contributed by atoms with Crippen LogP contribution in [0.3, 0.4) is 0 Å². The summed E-state index contributed by atoms with van der Waals surface area (Å²) in [5, 5.41) is 0. The van der Waals surface area contributed by atoms with Crippen LogP contribution in [-0.2, 0) is 19.1 Å². The van der Waals surface area contributed by atoms with Crippen LogP contribution < -0.4 is 0 Å². The fraction of sp³-hybridized carbons (Fsp3) is 0.792. The van der Waals surface area contributed by atoms with Gasteiger partial charge in [0.05, 0.1) is 0 Å². The minimum Gasteiger partial charge on any atom is -0.451 e. The molecule has 0 radical (unpaired) electrons. The van der Waals surface area contributed by atoms with E-state index in [2.05, 4.69) is 13.8 Å². The lowest BCUT2D eigenvalue weighted by atomic mass is 9.45. The van der Waals surface area contributed by atoms with Crippen LogP contribution in [0.1, 0.15) is 66.2 Å². The molecule has 0 heterocycles. The van der Waals surface area contributed by atoms with E-state index in [-0.39, 0.29) is 34.7 Å². The van der Waals surface area contributed by atoms with E-state index < -0.39 is 21.3 Å². The molecule has 0 aromatic heterocycles. The van der Waals surface area contributed by atoms with Crippen molar-refractivity contribution in [2.24, 2.45) is 40.4 Å². The number of hydrogen-bond donors (Lipinski definition) is 0. The van der Waals surface area contributed by atoms with E-state index >= 15 is 0 Å². The monoisotopic (exact) mass is 452 g/mol. The van der Waals surface area contributed by atoms with Gasteiger partial charge < -0.3 is 4.74 Å². The maximum atomic E-state index is 12.9. The molecule has 0 aromatic rings. The van der Waals surface area contributed by atoms with Crippen LogP contribution in [0.4, 0.5) is 0 Å². The third kappa shape index (κ3) is 2.38. The lowest BCUT2D eigenvalue weighted by Crippen LogP contribution is -2.60. The molecule has 0 aliphatic heterocycles. The maximum Gasteiger partial charge on any atom is 0.303 e. The summed E-state index contributed by atoms with van der Waals surface area (Å²) in [4.78, 5) is 37.3. The zero-order valence-corrected chi connectivity index (χ0v) is 19.6. The molecule has 30 heavy (non-hydrogen) atoms. The van der Waals surface area contributed by atoms with Crippen molar-refractivity contribution in [1.82, 2.24) is 0 Å². The number of Topliss-reactive ketones (excluding diaryl/α,β-unsaturated/α-hetero) is 1. The van der Waals surface area contributed by atoms with Gasteiger partial charge in [-0.15, -0.1) is 0 Å². The Bertz CT molecular complexity index is 894. The predicted octanol–water partition coefficient (Wildman–Crippen LogP) is 5.05. The molecule has 2 unspecified atom stereocenters. The molecule has 4 nitrogen and oxygen atoms in total. The van der Waals surface area contributed by atoms with Gasteiger partial charge >= 0.3 is 5.97 Å². The standard InChI is InChI=1S/C24H30Cl2O4/c1-12(27)23(30-13(2)28)8-6-16-15-11-24(25,26)20-10-19(29)14-9-18(14)22(20,4)17(15)5-7-21(16,23)3/h10,14-18H,5-9,11H2,1-4H3/t14?,15-,16-,17+,18?,21-,22+,23+/m0/s1. The molecular weight excluding hydrogens is 423 g/mol. The Balaban J connectivity index is 1.58. The molecule has 0 bridgehead atoms. The first-order chi connectivity index (χ1) is 13.9. The van der Waals surface area contributed by atoms with Gasteiger partial charge in [0.2, 0.25) is 0 Å². The summed E-state index contributed by atoms with van der Waals surface area (Å²) in [6, 6.07) is 0. The fourth-order valence-electron chi connectivity index (χ4n) is 8.54. The van der Waals surface area contributed by atoms with Gasteiger partial charge in [-0.05, 0) is 86.2 Å². The lowest BCUT2D eigenvalue weighted by Gasteiger charge is -2.61. The molecule has 0 aromatic carbocycles. The molecule has 5 rings (SSSR count). The second-order valence-electron chi connectivity index (χ2n) is 10.9. The largest absolute Gasteiger partial charge is 0.451 e. The summed E-state index contributed by atoms with van der Waals surface area (Å²) in [5.41, 5.74) is -0.726. The molecular formula is C24H30Cl2O4. The van der Waals surface area contributed by atoms with Crippen LogP contribution in [0.2, 0.25) is 0 Å². The number of rotatable bonds is 2. The van der Waals surface area contributed by atoms with Gasteiger partial charge in [-0.25, -0.2) is 0 Å². The van der Waals surface area contributed by atoms with Crippen LogP contribution in [0.5, 0.6) is 0 Å². The first-order valence-electron chi connectivity index (χ1n) is 11.2. The average molecular weight is 453 g/mol. The van der Waals surface area contributed by atoms with E-state index in [1.54, 1.807) is 13.0 Å². The number of ether oxygens (including phenoxy) is 1. The Morgan fingerprint density at radius 2 is 1.73 bits per heavy atom. The number of fused-ring (bicyclic) bond motifs is 7. The van der Waals surface area contributed by atoms with Crippen molar-refractivity contribution in [3.8, 4) is 0 Å². The van der Waals surface area contributed by atoms with Crippen LogP contribution in [-0.4, -0.2) is 27.5 Å². The highest BCUT2D eigenvalue weighted by Gasteiger charge is 2.73. The van der Waals surface area contributed by atoms with Crippen molar-refractivity contribution >= 4 is 40.7 Å². The van der Waals surface area contributed by atoms with Crippen molar-refractivity contribution in [1.29, 1.82) is 0 Å². The first-order valence-corrected chi connectivity index (χ1v) is 12.0. The Morgan fingerprint density at radius 3 is 2.37 bits per heavy atom. The smallest absolute Gasteiger partial charge is 0.303 e. The number of ketones is 2. The number of hydrogen-bond acceptors (Lipinski definition) is 4. The number of esters is 1. The summed E-state index contributed by atoms with van der Waals surface area (Å²) in [6.45, 7) is 7.35. The van der Waals surface area contributed by atoms with Gasteiger partial charge in [-0.3, -0.25) is 14.4 Å². The molecule has 0 N–H and O–H groups in total. The Labute approximate surface area is 188 Å². The van der Waals surface area contributed by atoms with Crippen LogP contribution >= 0.6 is 23.2 Å². The maximum absolute atomic E-state index is 12.9. The van der Waals surface area contributed by atoms with Crippen molar-refractivity contribution in [3.05, 3.63) is 11.6 Å². The van der Waals surface area contributed by atoms with Crippen LogP contribution in [0.15, 0.2) is 11.6 Å². The average Bonchev–Trinajstić information content (AvgIpc) is 3.38. The van der Waals surface area contributed by atoms with Gasteiger partial charge in [0.25, 0.3) is 0 Å². The van der Waals surface area contributed by atoms with E-state index in [0.29, 0.717) is 24.7 Å². The molecule has 5 aliphatic carbocycles. The quantitative estimate of drug-likeness (QED) is 0.434. The SMILES string of the molecule is CC(=O)O[C@@]1(C(C)=O)CC[C@H]2[C@@H]3CC(Cl)(Cl)C4=CC(=O)C5CC5[C@@]4(C)[C@@H]3CC[C@@]21C. The molecule has 0 saturated heterocycles. The van der Waals surface area contributed by atoms with Crippen molar-refractivity contribution in [2.75, 3.05) is 0 Å². The summed E-state index contributed by atoms with van der Waals surface area (Å²) < 4.78 is 4.76. The van der Waals surface area contributed by atoms with Crippen molar-refractivity contribution in [3.63, 3.8) is 0 Å². The Morgan fingerprint density at radius 1 is 1.07 bits per heavy atom. The van der Waals surface area contributed by atoms with Gasteiger partial charge in [-0.2, -0.15) is 0 Å². The van der Waals surface area contributed by atoms with E-state index in [4.69, 9.17) is 27.9 Å². The number of carbonyl (C=O) groups is 3. The molecule has 4 fully saturated rings. The topological polar surface area (TPSA) is 60.4 Å². The van der Waals surface area contributed by atoms with E-state index in [1.165, 1.54) is 6.92 Å². The normalized spacial score (nSPS) is 50.4. The number of allylic oxidation sites excluding steroid dienone is 1. The van der Waals surface area contributed by atoms with Crippen LogP contribution in [0.25, 0.3) is 0 Å². The highest BCUT2D eigenvalue weighted by molar-refractivity contribution is 6.50. The second kappa shape index (κ2) is 6.13. The highest BCUT2D eigenvalue weighted by Crippen LogP contribution is 2.75. The van der Waals surface area contributed by atoms with Gasteiger partial charge in [0.1, 0.15) is 4.33 Å². The van der Waals surface area contributed by atoms with E-state index in [1.807, 2.05) is 0 Å². The molecule has 164 valence electrons. The zero-order valence-electron chi connectivity index (χ0n) is 18.1. The Hall–Kier alpha value is -0.870. The third-order valence-electron chi connectivity index (χ3n) is 9.89. The molecule has 8 atom stereocenters. The third-order valence-corrected chi connectivity index (χ3v) is 10.6. The molecule has 5 aliphatic rings. The minimum atomic E-state index is -1.07. The van der Waals surface area contributed by atoms with Gasteiger partial charge in [0, 0.05) is 18.3 Å². The van der Waals surface area contributed by atoms with E-state index in [9.17, 15) is 14.4 Å². The molecule has 0 spiro atoms. The van der Waals surface area contributed by atoms with E-state index in [0.717, 1.165) is 31.3 Å². The summed E-state index contributed by atoms with van der Waals surface area (Å²) in [6.07, 6.45) is 6.42. The summed E-state index contributed by atoms with van der Waals surface area (Å²) in [7, 11) is 0. The fourth-order valence-corrected chi connectivity index (χ4v) is 9.41. The van der Waals surface area contributed by atoms with Crippen molar-refractivity contribution < 1.29 is 19.1 Å². The van der Waals surface area contributed by atoms with Gasteiger partial charge in [-0.1, -0.05) is 37.0 Å². The molecule has 6 heteroatoms. The summed E-state index contributed by atoms with van der Waals surface area (Å²) >= 11 is 13.9.